The lowest BCUT2D eigenvalue weighted by Crippen LogP contribution is -2.51. The van der Waals surface area contributed by atoms with Crippen molar-refractivity contribution in [2.24, 2.45) is 0 Å². The van der Waals surface area contributed by atoms with Crippen molar-refractivity contribution in [2.75, 3.05) is 24.5 Å². The van der Waals surface area contributed by atoms with Crippen molar-refractivity contribution >= 4 is 49.1 Å². The van der Waals surface area contributed by atoms with Crippen LogP contribution in [0.5, 0.6) is 5.75 Å². The minimum absolute atomic E-state index is 0.0308. The monoisotopic (exact) mass is 646 g/mol. The second-order valence-corrected chi connectivity index (χ2v) is 11.9. The maximum Gasteiger partial charge on any atom is 0.273 e. The fourth-order valence-corrected chi connectivity index (χ4v) is 5.97. The molecule has 2 amide bonds. The molecule has 11 nitrogen and oxygen atoms in total. The zero-order valence-corrected chi connectivity index (χ0v) is 25.4. The van der Waals surface area contributed by atoms with Crippen LogP contribution in [0.15, 0.2) is 76.1 Å². The number of ether oxygens (including phenoxy) is 1. The van der Waals surface area contributed by atoms with Crippen LogP contribution in [0.2, 0.25) is 0 Å². The summed E-state index contributed by atoms with van der Waals surface area (Å²) in [6.07, 6.45) is 0. The van der Waals surface area contributed by atoms with Gasteiger partial charge in [0.15, 0.2) is 0 Å². The van der Waals surface area contributed by atoms with Crippen LogP contribution in [0.25, 0.3) is 0 Å². The molecular weight excluding hydrogens is 616 g/mol. The van der Waals surface area contributed by atoms with Gasteiger partial charge in [-0.1, -0.05) is 34.1 Å². The Morgan fingerprint density at radius 3 is 2.37 bits per heavy atom. The Kier molecular flexibility index (Phi) is 10.5. The van der Waals surface area contributed by atoms with Gasteiger partial charge < -0.3 is 15.0 Å². The highest BCUT2D eigenvalue weighted by atomic mass is 79.9. The number of hydrogen-bond donors (Lipinski definition) is 1. The van der Waals surface area contributed by atoms with Gasteiger partial charge >= 0.3 is 0 Å². The average molecular weight is 648 g/mol. The number of amides is 2. The number of rotatable bonds is 12. The topological polar surface area (TPSA) is 139 Å². The summed E-state index contributed by atoms with van der Waals surface area (Å²) in [6.45, 7) is 4.53. The van der Waals surface area contributed by atoms with Crippen LogP contribution in [-0.4, -0.2) is 56.3 Å². The molecule has 3 aromatic carbocycles. The van der Waals surface area contributed by atoms with Gasteiger partial charge in [0.25, 0.3) is 15.7 Å². The molecule has 0 fully saturated rings. The highest BCUT2D eigenvalue weighted by Crippen LogP contribution is 2.29. The number of aryl methyl sites for hydroxylation is 1. The van der Waals surface area contributed by atoms with Crippen LogP contribution in [-0.2, 0) is 26.2 Å². The van der Waals surface area contributed by atoms with E-state index in [2.05, 4.69) is 21.2 Å². The summed E-state index contributed by atoms with van der Waals surface area (Å²) in [5, 5.41) is 14.3. The van der Waals surface area contributed by atoms with E-state index in [4.69, 9.17) is 4.74 Å². The van der Waals surface area contributed by atoms with E-state index < -0.39 is 39.3 Å². The molecule has 0 aliphatic rings. The number of carbonyl (C=O) groups excluding carboxylic acids is 2. The number of nitrogens with zero attached hydrogens (tertiary/aromatic N) is 3. The fourth-order valence-electron chi connectivity index (χ4n) is 4.09. The minimum atomic E-state index is -4.48. The number of anilines is 1. The lowest BCUT2D eigenvalue weighted by molar-refractivity contribution is -0.385. The molecule has 1 N–H and O–H groups in total. The molecule has 0 spiro atoms. The van der Waals surface area contributed by atoms with E-state index in [1.165, 1.54) is 55.3 Å². The molecule has 218 valence electrons. The van der Waals surface area contributed by atoms with Crippen molar-refractivity contribution in [1.29, 1.82) is 0 Å². The van der Waals surface area contributed by atoms with E-state index in [0.717, 1.165) is 20.4 Å². The maximum absolute atomic E-state index is 14.0. The lowest BCUT2D eigenvalue weighted by atomic mass is 10.1. The number of nitrogens with one attached hydrogen (secondary N) is 1. The molecular formula is C28H31BrN4O7S. The Bertz CT molecular complexity index is 1530. The molecule has 3 aromatic rings. The summed E-state index contributed by atoms with van der Waals surface area (Å²) >= 11 is 3.41. The molecule has 41 heavy (non-hydrogen) atoms. The Morgan fingerprint density at radius 2 is 1.78 bits per heavy atom. The largest absolute Gasteiger partial charge is 0.497 e. The highest BCUT2D eigenvalue weighted by Gasteiger charge is 2.33. The number of methoxy groups -OCH3 is 1. The molecule has 0 saturated heterocycles. The molecule has 0 radical (unpaired) electrons. The van der Waals surface area contributed by atoms with E-state index in [-0.39, 0.29) is 28.4 Å². The highest BCUT2D eigenvalue weighted by molar-refractivity contribution is 9.10. The molecule has 0 unspecified atom stereocenters. The average Bonchev–Trinajstić information content (AvgIpc) is 2.94. The third kappa shape index (κ3) is 7.61. The number of carbonyl (C=O) groups is 2. The first-order valence-corrected chi connectivity index (χ1v) is 14.9. The molecule has 0 aliphatic heterocycles. The van der Waals surface area contributed by atoms with Gasteiger partial charge in [-0.05, 0) is 68.8 Å². The van der Waals surface area contributed by atoms with Crippen LogP contribution in [0.1, 0.15) is 25.0 Å². The van der Waals surface area contributed by atoms with E-state index in [1.54, 1.807) is 32.0 Å². The van der Waals surface area contributed by atoms with Gasteiger partial charge in [-0.15, -0.1) is 0 Å². The normalized spacial score (nSPS) is 11.8. The van der Waals surface area contributed by atoms with Gasteiger partial charge in [0.2, 0.25) is 11.8 Å². The summed E-state index contributed by atoms with van der Waals surface area (Å²) < 4.78 is 34.7. The predicted molar refractivity (Wildman–Crippen MR) is 158 cm³/mol. The van der Waals surface area contributed by atoms with Crippen LogP contribution >= 0.6 is 15.9 Å². The zero-order chi connectivity index (χ0) is 30.3. The maximum atomic E-state index is 14.0. The van der Waals surface area contributed by atoms with Crippen molar-refractivity contribution in [3.8, 4) is 5.75 Å². The number of halogens is 1. The molecule has 1 atom stereocenters. The summed E-state index contributed by atoms with van der Waals surface area (Å²) in [5.41, 5.74) is 0.775. The number of hydrogen-bond acceptors (Lipinski definition) is 7. The third-order valence-electron chi connectivity index (χ3n) is 6.36. The predicted octanol–water partition coefficient (Wildman–Crippen LogP) is 4.42. The van der Waals surface area contributed by atoms with Crippen molar-refractivity contribution in [1.82, 2.24) is 10.2 Å². The van der Waals surface area contributed by atoms with E-state index in [9.17, 15) is 28.1 Å². The van der Waals surface area contributed by atoms with Gasteiger partial charge in [-0.2, -0.15) is 0 Å². The smallest absolute Gasteiger partial charge is 0.273 e. The Labute approximate surface area is 247 Å². The molecule has 0 aliphatic carbocycles. The first kappa shape index (κ1) is 31.6. The molecule has 13 heteroatoms. The second kappa shape index (κ2) is 13.6. The molecule has 0 saturated carbocycles. The Hall–Kier alpha value is -3.97. The van der Waals surface area contributed by atoms with E-state index in [1.807, 2.05) is 6.07 Å². The second-order valence-electron chi connectivity index (χ2n) is 9.14. The van der Waals surface area contributed by atoms with Gasteiger partial charge in [0.1, 0.15) is 18.3 Å². The number of nitro groups is 1. The Balaban J connectivity index is 2.09. The number of sulfonamides is 1. The summed E-state index contributed by atoms with van der Waals surface area (Å²) in [4.78, 5) is 38.5. The molecule has 0 bridgehead atoms. The summed E-state index contributed by atoms with van der Waals surface area (Å²) in [6, 6.07) is 15.9. The third-order valence-corrected chi connectivity index (χ3v) is 8.63. The number of nitro benzene ring substituents is 1. The first-order chi connectivity index (χ1) is 19.4. The molecule has 0 heterocycles. The van der Waals surface area contributed by atoms with Crippen molar-refractivity contribution in [2.45, 2.75) is 38.3 Å². The van der Waals surface area contributed by atoms with Gasteiger partial charge in [-0.25, -0.2) is 8.42 Å². The zero-order valence-electron chi connectivity index (χ0n) is 23.0. The van der Waals surface area contributed by atoms with Crippen molar-refractivity contribution < 1.29 is 27.7 Å². The van der Waals surface area contributed by atoms with Crippen LogP contribution < -0.4 is 14.4 Å². The van der Waals surface area contributed by atoms with E-state index in [0.29, 0.717) is 12.3 Å². The molecule has 3 rings (SSSR count). The summed E-state index contributed by atoms with van der Waals surface area (Å²) in [7, 11) is -3.02. The summed E-state index contributed by atoms with van der Waals surface area (Å²) in [5.74, 6) is -0.585. The van der Waals surface area contributed by atoms with E-state index >= 15 is 0 Å². The van der Waals surface area contributed by atoms with Crippen LogP contribution in [0.3, 0.4) is 0 Å². The molecule has 0 aromatic heterocycles. The standard InChI is InChI=1S/C28H31BrN4O7S/c1-5-30-28(35)20(3)31(17-21-7-6-8-22(29)15-21)27(34)18-32(23-10-12-24(40-4)13-11-23)41(38,39)25-14-9-19(2)26(16-25)33(36)37/h6-16,20H,5,17-18H2,1-4H3,(H,30,35)/t20-/m0/s1. The van der Waals surface area contributed by atoms with Crippen LogP contribution in [0.4, 0.5) is 11.4 Å². The van der Waals surface area contributed by atoms with Gasteiger partial charge in [0.05, 0.1) is 22.6 Å². The van der Waals surface area contributed by atoms with Crippen molar-refractivity contribution in [3.63, 3.8) is 0 Å². The minimum Gasteiger partial charge on any atom is -0.497 e. The lowest BCUT2D eigenvalue weighted by Gasteiger charge is -2.32. The first-order valence-electron chi connectivity index (χ1n) is 12.6. The quantitative estimate of drug-likeness (QED) is 0.227. The Morgan fingerprint density at radius 1 is 1.10 bits per heavy atom. The number of likely N-dealkylation sites (N-methyl/N-ethyl adjacent to an activating group) is 1. The fraction of sp³-hybridized carbons (Fsp3) is 0.286. The van der Waals surface area contributed by atoms with Crippen molar-refractivity contribution in [3.05, 3.63) is 92.4 Å². The SMILES string of the molecule is CCNC(=O)[C@H](C)N(Cc1cccc(Br)c1)C(=O)CN(c1ccc(OC)cc1)S(=O)(=O)c1ccc(C)c([N+](=O)[O-])c1. The van der Waals surface area contributed by atoms with Gasteiger partial charge in [-0.3, -0.25) is 24.0 Å². The van der Waals surface area contributed by atoms with Crippen LogP contribution in [0, 0.1) is 17.0 Å². The van der Waals surface area contributed by atoms with Gasteiger partial charge in [0, 0.05) is 29.2 Å². The number of benzene rings is 3.